The van der Waals surface area contributed by atoms with E-state index in [2.05, 4.69) is 4.98 Å². The SMILES string of the molecule is O=C(c1cncc(OCc2ccccc2)c1)C1CC2CCCC(C1)N2C(=O)OCc1ccccc1. The van der Waals surface area contributed by atoms with E-state index in [1.54, 1.807) is 18.5 Å². The van der Waals surface area contributed by atoms with Gasteiger partial charge in [-0.1, -0.05) is 60.7 Å². The summed E-state index contributed by atoms with van der Waals surface area (Å²) in [4.78, 5) is 32.5. The molecule has 6 nitrogen and oxygen atoms in total. The number of fused-ring (bicyclic) bond motifs is 2. The van der Waals surface area contributed by atoms with Gasteiger partial charge in [0, 0.05) is 29.8 Å². The standard InChI is InChI=1S/C29H30N2O4/c32-28(24-16-27(18-30-17-24)34-19-21-8-3-1-4-9-21)23-14-25-12-7-13-26(15-23)31(25)29(33)35-20-22-10-5-2-6-11-22/h1-6,8-11,16-18,23,25-26H,7,12-15,19-20H2. The monoisotopic (exact) mass is 470 g/mol. The third kappa shape index (κ3) is 5.53. The predicted molar refractivity (Wildman–Crippen MR) is 132 cm³/mol. The molecule has 0 saturated carbocycles. The number of nitrogens with zero attached hydrogens (tertiary/aromatic N) is 2. The van der Waals surface area contributed by atoms with Crippen LogP contribution in [0, 0.1) is 5.92 Å². The number of pyridine rings is 1. The van der Waals surface area contributed by atoms with Crippen LogP contribution in [0.15, 0.2) is 79.1 Å². The maximum atomic E-state index is 13.4. The van der Waals surface area contributed by atoms with E-state index < -0.39 is 0 Å². The number of piperidine rings is 2. The van der Waals surface area contributed by atoms with Gasteiger partial charge in [0.15, 0.2) is 5.78 Å². The van der Waals surface area contributed by atoms with Gasteiger partial charge in [-0.15, -0.1) is 0 Å². The highest BCUT2D eigenvalue weighted by molar-refractivity contribution is 5.98. The first-order valence-electron chi connectivity index (χ1n) is 12.3. The van der Waals surface area contributed by atoms with E-state index in [0.717, 1.165) is 30.4 Å². The van der Waals surface area contributed by atoms with Crippen molar-refractivity contribution in [2.45, 2.75) is 57.4 Å². The molecule has 0 radical (unpaired) electrons. The van der Waals surface area contributed by atoms with Crippen LogP contribution in [-0.4, -0.2) is 33.8 Å². The van der Waals surface area contributed by atoms with Crippen molar-refractivity contribution in [2.24, 2.45) is 5.92 Å². The number of Topliss-reactive ketones (excluding diaryl/α,β-unsaturated/α-hetero) is 1. The number of rotatable bonds is 7. The number of benzene rings is 2. The van der Waals surface area contributed by atoms with Crippen LogP contribution in [0.2, 0.25) is 0 Å². The van der Waals surface area contributed by atoms with Gasteiger partial charge in [0.1, 0.15) is 19.0 Å². The third-order valence-corrected chi connectivity index (χ3v) is 7.01. The zero-order valence-electron chi connectivity index (χ0n) is 19.7. The lowest BCUT2D eigenvalue weighted by atomic mass is 9.76. The molecule has 0 spiro atoms. The number of hydrogen-bond acceptors (Lipinski definition) is 5. The van der Waals surface area contributed by atoms with Crippen molar-refractivity contribution in [3.63, 3.8) is 0 Å². The summed E-state index contributed by atoms with van der Waals surface area (Å²) in [5, 5.41) is 0. The third-order valence-electron chi connectivity index (χ3n) is 7.01. The molecule has 2 aliphatic rings. The van der Waals surface area contributed by atoms with E-state index >= 15 is 0 Å². The topological polar surface area (TPSA) is 68.7 Å². The van der Waals surface area contributed by atoms with Crippen LogP contribution in [0.3, 0.4) is 0 Å². The molecule has 6 heteroatoms. The molecular weight excluding hydrogens is 440 g/mol. The first kappa shape index (κ1) is 23.1. The lowest BCUT2D eigenvalue weighted by Gasteiger charge is -2.47. The van der Waals surface area contributed by atoms with Crippen LogP contribution in [-0.2, 0) is 18.0 Å². The minimum atomic E-state index is -0.271. The number of amides is 1. The zero-order chi connectivity index (χ0) is 24.0. The molecule has 3 heterocycles. The van der Waals surface area contributed by atoms with Crippen LogP contribution in [0.5, 0.6) is 5.75 Å². The molecule has 2 atom stereocenters. The van der Waals surface area contributed by atoms with Crippen molar-refractivity contribution in [2.75, 3.05) is 0 Å². The van der Waals surface area contributed by atoms with Crippen molar-refractivity contribution in [3.8, 4) is 5.75 Å². The van der Waals surface area contributed by atoms with Crippen LogP contribution in [0.4, 0.5) is 4.79 Å². The van der Waals surface area contributed by atoms with Crippen molar-refractivity contribution in [3.05, 3.63) is 95.8 Å². The molecule has 2 fully saturated rings. The molecule has 2 bridgehead atoms. The smallest absolute Gasteiger partial charge is 0.410 e. The molecule has 0 aliphatic carbocycles. The Kier molecular flexibility index (Phi) is 7.07. The Morgan fingerprint density at radius 1 is 0.857 bits per heavy atom. The number of ketones is 1. The normalized spacial score (nSPS) is 21.3. The summed E-state index contributed by atoms with van der Waals surface area (Å²) < 4.78 is 11.5. The minimum Gasteiger partial charge on any atom is -0.487 e. The van der Waals surface area contributed by atoms with E-state index in [4.69, 9.17) is 9.47 Å². The summed E-state index contributed by atoms with van der Waals surface area (Å²) in [6, 6.07) is 21.5. The average Bonchev–Trinajstić information content (AvgIpc) is 2.91. The Morgan fingerprint density at radius 2 is 1.49 bits per heavy atom. The van der Waals surface area contributed by atoms with Gasteiger partial charge in [-0.2, -0.15) is 0 Å². The quantitative estimate of drug-likeness (QED) is 0.408. The van der Waals surface area contributed by atoms with Crippen LogP contribution < -0.4 is 4.74 Å². The fraction of sp³-hybridized carbons (Fsp3) is 0.345. The second kappa shape index (κ2) is 10.7. The summed E-state index contributed by atoms with van der Waals surface area (Å²) in [6.07, 6.45) is 7.18. The number of ether oxygens (including phenoxy) is 2. The van der Waals surface area contributed by atoms with Crippen LogP contribution in [0.1, 0.15) is 53.6 Å². The first-order valence-corrected chi connectivity index (χ1v) is 12.3. The van der Waals surface area contributed by atoms with E-state index in [-0.39, 0.29) is 36.5 Å². The fourth-order valence-electron chi connectivity index (χ4n) is 5.30. The molecule has 2 aromatic carbocycles. The summed E-state index contributed by atoms with van der Waals surface area (Å²) in [5.74, 6) is 0.535. The Morgan fingerprint density at radius 3 is 2.14 bits per heavy atom. The first-order chi connectivity index (χ1) is 17.2. The lowest BCUT2D eigenvalue weighted by molar-refractivity contribution is 0.00471. The van der Waals surface area contributed by atoms with E-state index in [9.17, 15) is 9.59 Å². The second-order valence-corrected chi connectivity index (χ2v) is 9.40. The van der Waals surface area contributed by atoms with Gasteiger partial charge >= 0.3 is 6.09 Å². The van der Waals surface area contributed by atoms with Crippen LogP contribution in [0.25, 0.3) is 0 Å². The van der Waals surface area contributed by atoms with Gasteiger partial charge < -0.3 is 14.4 Å². The van der Waals surface area contributed by atoms with Gasteiger partial charge in [0.05, 0.1) is 6.20 Å². The summed E-state index contributed by atoms with van der Waals surface area (Å²) in [7, 11) is 0. The average molecular weight is 471 g/mol. The number of carbonyl (C=O) groups excluding carboxylic acids is 2. The fourth-order valence-corrected chi connectivity index (χ4v) is 5.30. The summed E-state index contributed by atoms with van der Waals surface area (Å²) in [5.41, 5.74) is 2.60. The Bertz CT molecular complexity index is 1140. The second-order valence-electron chi connectivity index (χ2n) is 9.40. The predicted octanol–water partition coefficient (Wildman–Crippen LogP) is 5.81. The lowest BCUT2D eigenvalue weighted by Crippen LogP contribution is -2.55. The maximum Gasteiger partial charge on any atom is 0.410 e. The summed E-state index contributed by atoms with van der Waals surface area (Å²) in [6.45, 7) is 0.688. The molecule has 2 unspecified atom stereocenters. The molecule has 1 amide bonds. The van der Waals surface area contributed by atoms with Crippen molar-refractivity contribution >= 4 is 11.9 Å². The van der Waals surface area contributed by atoms with Crippen molar-refractivity contribution in [1.29, 1.82) is 0 Å². The minimum absolute atomic E-state index is 0.0326. The Hall–Kier alpha value is -3.67. The highest BCUT2D eigenvalue weighted by Gasteiger charge is 2.43. The molecule has 0 N–H and O–H groups in total. The summed E-state index contributed by atoms with van der Waals surface area (Å²) >= 11 is 0. The molecule has 2 aliphatic heterocycles. The van der Waals surface area contributed by atoms with Gasteiger partial charge in [0.25, 0.3) is 0 Å². The van der Waals surface area contributed by atoms with Crippen molar-refractivity contribution in [1.82, 2.24) is 9.88 Å². The largest absolute Gasteiger partial charge is 0.487 e. The van der Waals surface area contributed by atoms with Gasteiger partial charge in [0.2, 0.25) is 0 Å². The molecule has 35 heavy (non-hydrogen) atoms. The zero-order valence-corrected chi connectivity index (χ0v) is 19.7. The van der Waals surface area contributed by atoms with Gasteiger partial charge in [-0.3, -0.25) is 9.78 Å². The highest BCUT2D eigenvalue weighted by atomic mass is 16.6. The van der Waals surface area contributed by atoms with E-state index in [1.807, 2.05) is 65.6 Å². The van der Waals surface area contributed by atoms with E-state index in [1.165, 1.54) is 0 Å². The molecule has 1 aromatic heterocycles. The highest BCUT2D eigenvalue weighted by Crippen LogP contribution is 2.39. The Labute approximate surface area is 205 Å². The molecule has 180 valence electrons. The van der Waals surface area contributed by atoms with Gasteiger partial charge in [-0.05, 0) is 49.3 Å². The van der Waals surface area contributed by atoms with Crippen LogP contribution >= 0.6 is 0 Å². The van der Waals surface area contributed by atoms with Gasteiger partial charge in [-0.25, -0.2) is 4.79 Å². The molecule has 3 aromatic rings. The molecule has 5 rings (SSSR count). The Balaban J connectivity index is 1.22. The van der Waals surface area contributed by atoms with Crippen molar-refractivity contribution < 1.29 is 19.1 Å². The molecular formula is C29H30N2O4. The maximum absolute atomic E-state index is 13.4. The number of hydrogen-bond donors (Lipinski definition) is 0. The molecule has 2 saturated heterocycles. The number of carbonyl (C=O) groups is 2. The number of aromatic nitrogens is 1. The van der Waals surface area contributed by atoms with E-state index in [0.29, 0.717) is 30.8 Å².